The van der Waals surface area contributed by atoms with Gasteiger partial charge in [0.05, 0.1) is 34.2 Å². The van der Waals surface area contributed by atoms with E-state index in [1.54, 1.807) is 11.9 Å². The molecule has 0 aliphatic carbocycles. The highest BCUT2D eigenvalue weighted by Gasteiger charge is 2.21. The molecule has 0 aromatic carbocycles. The number of carboxylic acids is 1. The molecule has 0 fully saturated rings. The number of sulfonamides is 1. The van der Waals surface area contributed by atoms with Crippen molar-refractivity contribution in [1.29, 1.82) is 0 Å². The third kappa shape index (κ3) is 5.35. The molecule has 0 aliphatic rings. The molecular formula is C19H22ClN5O4S2. The average molecular weight is 484 g/mol. The predicted octanol–water partition coefficient (Wildman–Crippen LogP) is 3.85. The van der Waals surface area contributed by atoms with Crippen LogP contribution in [0.2, 0.25) is 4.34 Å². The van der Waals surface area contributed by atoms with Gasteiger partial charge in [0.2, 0.25) is 0 Å². The Morgan fingerprint density at radius 2 is 2.10 bits per heavy atom. The monoisotopic (exact) mass is 483 g/mol. The van der Waals surface area contributed by atoms with Crippen LogP contribution >= 0.6 is 22.9 Å². The molecule has 0 aliphatic heterocycles. The Morgan fingerprint density at radius 3 is 2.71 bits per heavy atom. The van der Waals surface area contributed by atoms with Gasteiger partial charge in [-0.05, 0) is 37.6 Å². The number of nitrogens with zero attached hydrogens (tertiary/aromatic N) is 4. The van der Waals surface area contributed by atoms with E-state index in [-0.39, 0.29) is 21.3 Å². The SMILES string of the molecule is CCCn1nc(C)cc1CN(C)c1ncc(NS(=O)(=O)c2ccc(Cl)s2)cc1C(=O)O. The molecule has 3 aromatic rings. The van der Waals surface area contributed by atoms with Crippen molar-refractivity contribution in [3.8, 4) is 0 Å². The van der Waals surface area contributed by atoms with Crippen molar-refractivity contribution in [3.63, 3.8) is 0 Å². The van der Waals surface area contributed by atoms with Crippen LogP contribution in [0.3, 0.4) is 0 Å². The topological polar surface area (TPSA) is 117 Å². The highest BCUT2D eigenvalue weighted by Crippen LogP contribution is 2.28. The molecule has 166 valence electrons. The summed E-state index contributed by atoms with van der Waals surface area (Å²) in [6.07, 6.45) is 2.21. The number of anilines is 2. The van der Waals surface area contributed by atoms with E-state index in [1.807, 2.05) is 17.7 Å². The number of pyridine rings is 1. The zero-order valence-electron chi connectivity index (χ0n) is 17.2. The Morgan fingerprint density at radius 1 is 1.35 bits per heavy atom. The first-order chi connectivity index (χ1) is 14.6. The Kier molecular flexibility index (Phi) is 6.87. The number of aromatic nitrogens is 3. The summed E-state index contributed by atoms with van der Waals surface area (Å²) in [6.45, 7) is 5.10. The molecule has 9 nitrogen and oxygen atoms in total. The first-order valence-corrected chi connectivity index (χ1v) is 12.0. The van der Waals surface area contributed by atoms with E-state index >= 15 is 0 Å². The van der Waals surface area contributed by atoms with Gasteiger partial charge >= 0.3 is 5.97 Å². The summed E-state index contributed by atoms with van der Waals surface area (Å²) in [6, 6.07) is 6.05. The van der Waals surface area contributed by atoms with E-state index in [4.69, 9.17) is 11.6 Å². The first-order valence-electron chi connectivity index (χ1n) is 9.36. The van der Waals surface area contributed by atoms with Crippen LogP contribution in [0.1, 0.15) is 35.1 Å². The van der Waals surface area contributed by atoms with Crippen molar-refractivity contribution in [2.45, 2.75) is 37.6 Å². The maximum absolute atomic E-state index is 12.5. The molecule has 0 radical (unpaired) electrons. The lowest BCUT2D eigenvalue weighted by Gasteiger charge is -2.21. The van der Waals surface area contributed by atoms with Crippen LogP contribution in [-0.2, 0) is 23.1 Å². The van der Waals surface area contributed by atoms with Gasteiger partial charge in [0.1, 0.15) is 15.6 Å². The number of nitrogens with one attached hydrogen (secondary N) is 1. The molecule has 0 bridgehead atoms. The van der Waals surface area contributed by atoms with Gasteiger partial charge < -0.3 is 10.0 Å². The molecule has 0 atom stereocenters. The first kappa shape index (κ1) is 23.0. The molecule has 3 heterocycles. The summed E-state index contributed by atoms with van der Waals surface area (Å²) >= 11 is 6.72. The van der Waals surface area contributed by atoms with Gasteiger partial charge in [0.15, 0.2) is 0 Å². The minimum atomic E-state index is -3.90. The van der Waals surface area contributed by atoms with Crippen LogP contribution in [-0.4, -0.2) is 41.3 Å². The second-order valence-corrected chi connectivity index (χ2v) is 10.5. The summed E-state index contributed by atoms with van der Waals surface area (Å²) in [5.41, 5.74) is 1.73. The third-order valence-electron chi connectivity index (χ3n) is 4.34. The third-order valence-corrected chi connectivity index (χ3v) is 7.45. The standard InChI is InChI=1S/C19H22ClN5O4S2/c1-4-7-25-14(8-12(2)22-25)11-24(3)18-15(19(26)27)9-13(10-21-18)23-31(28,29)17-6-5-16(20)30-17/h5-6,8-10,23H,4,7,11H2,1-3H3,(H,26,27). The van der Waals surface area contributed by atoms with E-state index in [0.717, 1.165) is 35.7 Å². The van der Waals surface area contributed by atoms with Gasteiger partial charge in [-0.3, -0.25) is 9.40 Å². The van der Waals surface area contributed by atoms with Gasteiger partial charge in [-0.15, -0.1) is 11.3 Å². The number of carbonyl (C=O) groups is 1. The van der Waals surface area contributed by atoms with Crippen LogP contribution in [0.4, 0.5) is 11.5 Å². The van der Waals surface area contributed by atoms with Crippen molar-refractivity contribution >= 4 is 50.4 Å². The second-order valence-electron chi connectivity index (χ2n) is 6.92. The van der Waals surface area contributed by atoms with Gasteiger partial charge in [-0.25, -0.2) is 18.2 Å². The highest BCUT2D eigenvalue weighted by molar-refractivity contribution is 7.94. The molecule has 0 amide bonds. The Balaban J connectivity index is 1.88. The summed E-state index contributed by atoms with van der Waals surface area (Å²) in [5, 5.41) is 14.1. The van der Waals surface area contributed by atoms with Gasteiger partial charge in [0, 0.05) is 13.6 Å². The maximum Gasteiger partial charge on any atom is 0.339 e. The summed E-state index contributed by atoms with van der Waals surface area (Å²) in [5.74, 6) is -0.996. The minimum Gasteiger partial charge on any atom is -0.478 e. The smallest absolute Gasteiger partial charge is 0.339 e. The number of rotatable bonds is 9. The van der Waals surface area contributed by atoms with Gasteiger partial charge in [-0.1, -0.05) is 18.5 Å². The molecule has 3 aromatic heterocycles. The fraction of sp³-hybridized carbons (Fsp3) is 0.316. The Bertz CT molecular complexity index is 1210. The predicted molar refractivity (Wildman–Crippen MR) is 121 cm³/mol. The normalized spacial score (nSPS) is 11.5. The lowest BCUT2D eigenvalue weighted by atomic mass is 10.2. The summed E-state index contributed by atoms with van der Waals surface area (Å²) in [7, 11) is -2.17. The fourth-order valence-electron chi connectivity index (χ4n) is 3.07. The van der Waals surface area contributed by atoms with E-state index in [0.29, 0.717) is 10.9 Å². The maximum atomic E-state index is 12.5. The van der Waals surface area contributed by atoms with Gasteiger partial charge in [0.25, 0.3) is 10.0 Å². The van der Waals surface area contributed by atoms with Crippen molar-refractivity contribution in [3.05, 3.63) is 51.7 Å². The molecule has 3 rings (SSSR count). The largest absolute Gasteiger partial charge is 0.478 e. The Hall–Kier alpha value is -2.63. The zero-order valence-corrected chi connectivity index (χ0v) is 19.6. The number of hydrogen-bond donors (Lipinski definition) is 2. The molecule has 0 unspecified atom stereocenters. The van der Waals surface area contributed by atoms with Crippen LogP contribution in [0, 0.1) is 6.92 Å². The van der Waals surface area contributed by atoms with E-state index in [2.05, 4.69) is 21.7 Å². The fourth-order valence-corrected chi connectivity index (χ4v) is 5.59. The van der Waals surface area contributed by atoms with Crippen LogP contribution in [0.25, 0.3) is 0 Å². The second kappa shape index (κ2) is 9.25. The molecule has 31 heavy (non-hydrogen) atoms. The molecule has 0 saturated heterocycles. The number of aromatic carboxylic acids is 1. The van der Waals surface area contributed by atoms with Crippen molar-refractivity contribution < 1.29 is 18.3 Å². The molecular weight excluding hydrogens is 462 g/mol. The number of thiophene rings is 1. The van der Waals surface area contributed by atoms with Crippen molar-refractivity contribution in [2.75, 3.05) is 16.7 Å². The summed E-state index contributed by atoms with van der Waals surface area (Å²) < 4.78 is 29.6. The molecule has 0 saturated carbocycles. The Labute approximate surface area is 189 Å². The van der Waals surface area contributed by atoms with Crippen LogP contribution < -0.4 is 9.62 Å². The van der Waals surface area contributed by atoms with Crippen LogP contribution in [0.15, 0.2) is 34.7 Å². The molecule has 0 spiro atoms. The average Bonchev–Trinajstić information content (AvgIpc) is 3.27. The van der Waals surface area contributed by atoms with E-state index in [9.17, 15) is 18.3 Å². The van der Waals surface area contributed by atoms with Crippen LogP contribution in [0.5, 0.6) is 0 Å². The number of hydrogen-bond acceptors (Lipinski definition) is 7. The minimum absolute atomic E-state index is 0.0233. The number of halogens is 1. The van der Waals surface area contributed by atoms with Crippen molar-refractivity contribution in [1.82, 2.24) is 14.8 Å². The highest BCUT2D eigenvalue weighted by atomic mass is 35.5. The number of aryl methyl sites for hydroxylation is 2. The zero-order chi connectivity index (χ0) is 22.8. The lowest BCUT2D eigenvalue weighted by molar-refractivity contribution is 0.0697. The van der Waals surface area contributed by atoms with E-state index < -0.39 is 16.0 Å². The quantitative estimate of drug-likeness (QED) is 0.474. The lowest BCUT2D eigenvalue weighted by Crippen LogP contribution is -2.23. The number of carboxylic acid groups (broad SMARTS) is 1. The summed E-state index contributed by atoms with van der Waals surface area (Å²) in [4.78, 5) is 17.8. The van der Waals surface area contributed by atoms with E-state index in [1.165, 1.54) is 24.4 Å². The van der Waals surface area contributed by atoms with Crippen molar-refractivity contribution in [2.24, 2.45) is 0 Å². The van der Waals surface area contributed by atoms with Gasteiger partial charge in [-0.2, -0.15) is 5.10 Å². The molecule has 12 heteroatoms. The molecule has 2 N–H and O–H groups in total.